The molecule has 4 aromatic rings. The molecule has 0 spiro atoms. The topological polar surface area (TPSA) is 127 Å². The highest BCUT2D eigenvalue weighted by Gasteiger charge is 2.92. The van der Waals surface area contributed by atoms with Gasteiger partial charge in [-0.25, -0.2) is 13.2 Å². The third kappa shape index (κ3) is 3.72. The van der Waals surface area contributed by atoms with Crippen LogP contribution in [0.15, 0.2) is 55.9 Å². The van der Waals surface area contributed by atoms with E-state index in [1.807, 2.05) is 4.98 Å². The Morgan fingerprint density at radius 1 is 0.976 bits per heavy atom. The Labute approximate surface area is 226 Å². The summed E-state index contributed by atoms with van der Waals surface area (Å²) < 4.78 is 138. The summed E-state index contributed by atoms with van der Waals surface area (Å²) in [7, 11) is -4.65. The molecule has 19 heteroatoms. The first kappa shape index (κ1) is 28.8. The molecule has 0 atom stereocenters. The summed E-state index contributed by atoms with van der Waals surface area (Å²) in [6, 6.07) is 5.03. The molecule has 2 aromatic heterocycles. The maximum absolute atomic E-state index is 14.1. The van der Waals surface area contributed by atoms with Crippen LogP contribution in [0.4, 0.5) is 35.1 Å². The number of alkyl halides is 8. The van der Waals surface area contributed by atoms with E-state index in [1.165, 1.54) is 0 Å². The third-order valence-corrected chi connectivity index (χ3v) is 9.01. The van der Waals surface area contributed by atoms with E-state index in [0.29, 0.717) is 4.68 Å². The van der Waals surface area contributed by atoms with E-state index in [9.17, 15) is 58.3 Å². The number of hydrogen-bond donors (Lipinski definition) is 2. The Balaban J connectivity index is 1.57. The van der Waals surface area contributed by atoms with Crippen molar-refractivity contribution in [3.05, 3.63) is 62.4 Å². The molecule has 9 nitrogen and oxygen atoms in total. The van der Waals surface area contributed by atoms with Crippen molar-refractivity contribution in [1.82, 2.24) is 19.5 Å². The molecule has 1 aliphatic carbocycles. The summed E-state index contributed by atoms with van der Waals surface area (Å²) in [5.41, 5.74) is -3.50. The van der Waals surface area contributed by atoms with Crippen molar-refractivity contribution in [1.29, 1.82) is 0 Å². The molecule has 2 N–H and O–H groups in total. The van der Waals surface area contributed by atoms with Crippen LogP contribution in [-0.4, -0.2) is 56.8 Å². The number of nitrogens with zero attached hydrogens (tertiary/aromatic N) is 3. The minimum atomic E-state index is -6.33. The molecule has 5 rings (SSSR count). The van der Waals surface area contributed by atoms with Crippen LogP contribution in [0.5, 0.6) is 0 Å². The predicted octanol–water partition coefficient (Wildman–Crippen LogP) is 4.32. The van der Waals surface area contributed by atoms with Gasteiger partial charge in [0.1, 0.15) is 5.92 Å². The van der Waals surface area contributed by atoms with Gasteiger partial charge >= 0.3 is 29.4 Å². The van der Waals surface area contributed by atoms with Crippen LogP contribution in [0.25, 0.3) is 21.8 Å². The molecule has 0 saturated heterocycles. The maximum Gasteiger partial charge on any atom is 0.378 e. The molecular formula is C22H13ClF8N4O5S. The number of aromatic amines is 1. The van der Waals surface area contributed by atoms with Crippen LogP contribution in [0, 0.1) is 5.92 Å². The van der Waals surface area contributed by atoms with Crippen LogP contribution < -0.4 is 11.2 Å². The number of H-pyrrole nitrogens is 1. The number of nitrogens with one attached hydrogen (secondary N) is 1. The lowest BCUT2D eigenvalue weighted by Gasteiger charge is -2.23. The van der Waals surface area contributed by atoms with Crippen LogP contribution in [-0.2, 0) is 16.4 Å². The summed E-state index contributed by atoms with van der Waals surface area (Å²) in [5, 5.41) is 12.6. The van der Waals surface area contributed by atoms with E-state index >= 15 is 0 Å². The second-order valence-electron chi connectivity index (χ2n) is 9.17. The minimum absolute atomic E-state index is 0.127. The summed E-state index contributed by atoms with van der Waals surface area (Å²) in [4.78, 5) is 25.1. The van der Waals surface area contributed by atoms with Crippen molar-refractivity contribution >= 4 is 43.2 Å². The third-order valence-electron chi connectivity index (χ3n) is 6.90. The highest BCUT2D eigenvalue weighted by Crippen LogP contribution is 2.66. The Hall–Kier alpha value is -3.67. The van der Waals surface area contributed by atoms with Crippen LogP contribution in [0.3, 0.4) is 0 Å². The maximum atomic E-state index is 14.1. The van der Waals surface area contributed by atoms with Crippen LogP contribution >= 0.6 is 11.6 Å². The van der Waals surface area contributed by atoms with Crippen molar-refractivity contribution in [2.24, 2.45) is 5.92 Å². The molecule has 0 unspecified atom stereocenters. The molecule has 2 heterocycles. The van der Waals surface area contributed by atoms with Gasteiger partial charge in [-0.2, -0.15) is 40.2 Å². The van der Waals surface area contributed by atoms with E-state index in [4.69, 9.17) is 11.6 Å². The zero-order chi connectivity index (χ0) is 30.5. The number of benzene rings is 2. The molecule has 1 fully saturated rings. The van der Waals surface area contributed by atoms with E-state index in [2.05, 4.69) is 5.10 Å². The average Bonchev–Trinajstić information content (AvgIpc) is 3.31. The lowest BCUT2D eigenvalue weighted by atomic mass is 9.97. The van der Waals surface area contributed by atoms with Gasteiger partial charge in [0.05, 0.1) is 37.4 Å². The van der Waals surface area contributed by atoms with E-state index in [-0.39, 0.29) is 20.7 Å². The Bertz CT molecular complexity index is 1950. The van der Waals surface area contributed by atoms with E-state index < -0.39 is 84.4 Å². The molecular weight excluding hydrogens is 620 g/mol. The van der Waals surface area contributed by atoms with Gasteiger partial charge in [0.15, 0.2) is 0 Å². The zero-order valence-electron chi connectivity index (χ0n) is 19.7. The number of fused-ring (bicyclic) bond motifs is 2. The fourth-order valence-corrected chi connectivity index (χ4v) is 6.37. The first-order valence-electron chi connectivity index (χ1n) is 11.2. The van der Waals surface area contributed by atoms with Crippen molar-refractivity contribution in [3.8, 4) is 0 Å². The van der Waals surface area contributed by atoms with Gasteiger partial charge < -0.3 is 10.2 Å². The first-order valence-corrected chi connectivity index (χ1v) is 13.0. The highest BCUT2D eigenvalue weighted by molar-refractivity contribution is 7.91. The van der Waals surface area contributed by atoms with Crippen molar-refractivity contribution in [2.75, 3.05) is 0 Å². The normalized spacial score (nSPS) is 19.7. The number of rotatable bonds is 5. The summed E-state index contributed by atoms with van der Waals surface area (Å²) >= 11 is 5.95. The average molecular weight is 633 g/mol. The zero-order valence-corrected chi connectivity index (χ0v) is 21.3. The van der Waals surface area contributed by atoms with Crippen molar-refractivity contribution in [2.45, 2.75) is 46.4 Å². The summed E-state index contributed by atoms with van der Waals surface area (Å²) in [6.07, 6.45) is -0.534. The Morgan fingerprint density at radius 3 is 2.20 bits per heavy atom. The van der Waals surface area contributed by atoms with E-state index in [1.54, 1.807) is 0 Å². The number of aromatic nitrogens is 4. The molecule has 41 heavy (non-hydrogen) atoms. The molecule has 220 valence electrons. The van der Waals surface area contributed by atoms with Crippen LogP contribution in [0.2, 0.25) is 5.02 Å². The second kappa shape index (κ2) is 8.67. The Morgan fingerprint density at radius 2 is 1.59 bits per heavy atom. The Kier molecular flexibility index (Phi) is 6.10. The lowest BCUT2D eigenvalue weighted by molar-refractivity contribution is -0.303. The molecule has 2 aromatic carbocycles. The van der Waals surface area contributed by atoms with Crippen molar-refractivity contribution < 1.29 is 48.7 Å². The van der Waals surface area contributed by atoms with Gasteiger partial charge in [-0.15, -0.1) is 0 Å². The van der Waals surface area contributed by atoms with Gasteiger partial charge in [-0.3, -0.25) is 9.48 Å². The smallest absolute Gasteiger partial charge is 0.378 e. The monoisotopic (exact) mass is 632 g/mol. The highest BCUT2D eigenvalue weighted by atomic mass is 35.5. The molecule has 0 radical (unpaired) electrons. The SMILES string of the molecule is O=c1[nH]c2c(S(=O)(=O)c3ccc4cnn(CCC5C(F)(F)C(F)(F)C(F)(F)C5(F)F)c4c3)ccc(Cl)c2c(=O)n1O. The van der Waals surface area contributed by atoms with Gasteiger partial charge in [-0.05, 0) is 36.8 Å². The number of halogens is 9. The van der Waals surface area contributed by atoms with Gasteiger partial charge in [0.2, 0.25) is 9.84 Å². The molecule has 1 aliphatic rings. The summed E-state index contributed by atoms with van der Waals surface area (Å²) in [6.45, 7) is -1.01. The summed E-state index contributed by atoms with van der Waals surface area (Å²) in [5.74, 6) is -28.0. The van der Waals surface area contributed by atoms with Gasteiger partial charge in [0.25, 0.3) is 5.56 Å². The van der Waals surface area contributed by atoms with E-state index in [0.717, 1.165) is 36.5 Å². The molecule has 0 aliphatic heterocycles. The fraction of sp³-hybridized carbons (Fsp3) is 0.318. The van der Waals surface area contributed by atoms with Gasteiger partial charge in [0, 0.05) is 11.9 Å². The number of aryl methyl sites for hydroxylation is 1. The molecule has 0 bridgehead atoms. The number of hydrogen-bond acceptors (Lipinski definition) is 6. The minimum Gasteiger partial charge on any atom is -0.421 e. The largest absolute Gasteiger partial charge is 0.421 e. The van der Waals surface area contributed by atoms with Crippen molar-refractivity contribution in [3.63, 3.8) is 0 Å². The fourth-order valence-electron chi connectivity index (χ4n) is 4.69. The molecule has 0 amide bonds. The van der Waals surface area contributed by atoms with Gasteiger partial charge in [-0.1, -0.05) is 16.3 Å². The second-order valence-corrected chi connectivity index (χ2v) is 11.5. The lowest BCUT2D eigenvalue weighted by Crippen LogP contribution is -2.51. The quantitative estimate of drug-likeness (QED) is 0.249. The standard InChI is InChI=1S/C22H13ClF8N4O5S/c23-11-3-4-13(16-15(11)17(36)35(38)18(37)33-16)41(39,40)10-2-1-9-8-32-34(12(9)7-10)6-5-14-19(24,25)21(28,29)22(30,31)20(14,26)27/h1-4,7-8,14,38H,5-6H2,(H,33,37). The number of sulfone groups is 1. The van der Waals surface area contributed by atoms with Crippen LogP contribution in [0.1, 0.15) is 6.42 Å². The molecule has 1 saturated carbocycles. The predicted molar refractivity (Wildman–Crippen MR) is 124 cm³/mol. The first-order chi connectivity index (χ1) is 18.8.